The molecule has 0 radical (unpaired) electrons. The lowest BCUT2D eigenvalue weighted by atomic mass is 10.0. The van der Waals surface area contributed by atoms with Gasteiger partial charge in [-0.25, -0.2) is 4.79 Å². The first kappa shape index (κ1) is 20.6. The Morgan fingerprint density at radius 3 is 2.73 bits per heavy atom. The molecule has 1 aromatic carbocycles. The molecule has 0 saturated carbocycles. The average Bonchev–Trinajstić information content (AvgIpc) is 3.09. The molecule has 3 aromatic rings. The molecule has 1 aliphatic heterocycles. The summed E-state index contributed by atoms with van der Waals surface area (Å²) in [5, 5.41) is 10.6. The summed E-state index contributed by atoms with van der Waals surface area (Å²) in [6.45, 7) is 6.62. The number of aliphatic hydroxyl groups is 1. The fourth-order valence-electron chi connectivity index (χ4n) is 4.14. The first-order chi connectivity index (χ1) is 14.5. The molecular weight excluding hydrogens is 378 g/mol. The summed E-state index contributed by atoms with van der Waals surface area (Å²) in [6.07, 6.45) is 5.52. The van der Waals surface area contributed by atoms with E-state index in [0.29, 0.717) is 5.56 Å². The van der Waals surface area contributed by atoms with Crippen molar-refractivity contribution in [2.24, 2.45) is 0 Å². The van der Waals surface area contributed by atoms with Gasteiger partial charge in [-0.2, -0.15) is 0 Å². The monoisotopic (exact) mass is 407 g/mol. The summed E-state index contributed by atoms with van der Waals surface area (Å²) in [5.74, 6) is -0.315. The van der Waals surface area contributed by atoms with Crippen LogP contribution in [0.3, 0.4) is 0 Å². The van der Waals surface area contributed by atoms with Crippen LogP contribution in [0.25, 0.3) is 10.9 Å². The number of aliphatic hydroxyl groups excluding tert-OH is 1. The van der Waals surface area contributed by atoms with Gasteiger partial charge in [0.2, 0.25) is 0 Å². The second kappa shape index (κ2) is 8.98. The number of H-pyrrole nitrogens is 1. The van der Waals surface area contributed by atoms with Crippen LogP contribution in [0.15, 0.2) is 42.7 Å². The van der Waals surface area contributed by atoms with Crippen molar-refractivity contribution in [2.75, 3.05) is 19.6 Å². The minimum Gasteiger partial charge on any atom is -0.454 e. The number of fused-ring (bicyclic) bond motifs is 1. The summed E-state index contributed by atoms with van der Waals surface area (Å²) >= 11 is 0. The maximum absolute atomic E-state index is 13.0. The molecule has 1 unspecified atom stereocenters. The number of carbonyl (C=O) groups excluding carboxylic acids is 1. The standard InChI is InChI=1S/C24H29N3O3/c1-16-23(24(29)30-17(2)19-5-10-25-11-6-19)21-15-18(3-4-22(21)26-16)7-12-27-13-8-20(28)9-14-27/h3-6,10-11,15,17,20,26,28H,7-9,12-14H2,1-2H3. The van der Waals surface area contributed by atoms with Gasteiger partial charge in [0.25, 0.3) is 0 Å². The SMILES string of the molecule is Cc1[nH]c2ccc(CCN3CCC(O)CC3)cc2c1C(=O)OC(C)c1ccncc1. The van der Waals surface area contributed by atoms with Crippen LogP contribution in [-0.4, -0.2) is 51.7 Å². The van der Waals surface area contributed by atoms with Crippen molar-refractivity contribution in [3.8, 4) is 0 Å². The van der Waals surface area contributed by atoms with Crippen molar-refractivity contribution >= 4 is 16.9 Å². The molecule has 6 nitrogen and oxygen atoms in total. The van der Waals surface area contributed by atoms with Crippen molar-refractivity contribution in [3.05, 3.63) is 65.1 Å². The molecule has 2 aromatic heterocycles. The van der Waals surface area contributed by atoms with Gasteiger partial charge in [-0.15, -0.1) is 0 Å². The number of hydrogen-bond acceptors (Lipinski definition) is 5. The van der Waals surface area contributed by atoms with Crippen LogP contribution in [0.5, 0.6) is 0 Å². The number of rotatable bonds is 6. The van der Waals surface area contributed by atoms with Crippen LogP contribution in [0.2, 0.25) is 0 Å². The van der Waals surface area contributed by atoms with Gasteiger partial charge in [0, 0.05) is 48.6 Å². The molecule has 1 atom stereocenters. The number of pyridine rings is 1. The molecule has 1 fully saturated rings. The number of hydrogen-bond donors (Lipinski definition) is 2. The van der Waals surface area contributed by atoms with E-state index < -0.39 is 0 Å². The lowest BCUT2D eigenvalue weighted by Crippen LogP contribution is -2.37. The minimum atomic E-state index is -0.345. The smallest absolute Gasteiger partial charge is 0.341 e. The molecule has 158 valence electrons. The number of aromatic amines is 1. The Labute approximate surface area is 176 Å². The third kappa shape index (κ3) is 4.55. The molecule has 2 N–H and O–H groups in total. The summed E-state index contributed by atoms with van der Waals surface area (Å²) in [7, 11) is 0. The summed E-state index contributed by atoms with van der Waals surface area (Å²) in [6, 6.07) is 9.98. The molecule has 0 spiro atoms. The maximum Gasteiger partial charge on any atom is 0.341 e. The number of likely N-dealkylation sites (tertiary alicyclic amines) is 1. The van der Waals surface area contributed by atoms with Gasteiger partial charge in [-0.05, 0) is 68.5 Å². The molecule has 4 rings (SSSR count). The maximum atomic E-state index is 13.0. The molecule has 30 heavy (non-hydrogen) atoms. The van der Waals surface area contributed by atoms with Crippen LogP contribution < -0.4 is 0 Å². The quantitative estimate of drug-likeness (QED) is 0.608. The van der Waals surface area contributed by atoms with Gasteiger partial charge in [0.05, 0.1) is 11.7 Å². The number of aryl methyl sites for hydroxylation is 1. The summed E-state index contributed by atoms with van der Waals surface area (Å²) in [4.78, 5) is 22.7. The van der Waals surface area contributed by atoms with Crippen molar-refractivity contribution < 1.29 is 14.6 Å². The Bertz CT molecular complexity index is 1010. The fourth-order valence-corrected chi connectivity index (χ4v) is 4.14. The summed E-state index contributed by atoms with van der Waals surface area (Å²) in [5.41, 5.74) is 4.49. The Hall–Kier alpha value is -2.70. The van der Waals surface area contributed by atoms with E-state index in [2.05, 4.69) is 27.0 Å². The van der Waals surface area contributed by atoms with Gasteiger partial charge in [0.1, 0.15) is 6.10 Å². The highest BCUT2D eigenvalue weighted by Crippen LogP contribution is 2.27. The van der Waals surface area contributed by atoms with Gasteiger partial charge in [0.15, 0.2) is 0 Å². The zero-order chi connectivity index (χ0) is 21.1. The molecule has 6 heteroatoms. The fraction of sp³-hybridized carbons (Fsp3) is 0.417. The lowest BCUT2D eigenvalue weighted by molar-refractivity contribution is 0.0339. The number of carbonyl (C=O) groups is 1. The zero-order valence-corrected chi connectivity index (χ0v) is 17.6. The van der Waals surface area contributed by atoms with E-state index in [1.807, 2.05) is 32.0 Å². The Morgan fingerprint density at radius 1 is 1.27 bits per heavy atom. The second-order valence-electron chi connectivity index (χ2n) is 8.16. The number of esters is 1. The van der Waals surface area contributed by atoms with Crippen LogP contribution in [0.1, 0.15) is 53.0 Å². The highest BCUT2D eigenvalue weighted by atomic mass is 16.5. The predicted octanol–water partition coefficient (Wildman–Crippen LogP) is 3.79. The molecule has 3 heterocycles. The average molecular weight is 408 g/mol. The molecule has 1 saturated heterocycles. The van der Waals surface area contributed by atoms with Gasteiger partial charge >= 0.3 is 5.97 Å². The largest absolute Gasteiger partial charge is 0.454 e. The third-order valence-electron chi connectivity index (χ3n) is 5.99. The van der Waals surface area contributed by atoms with E-state index in [1.54, 1.807) is 12.4 Å². The number of piperidine rings is 1. The molecular formula is C24H29N3O3. The van der Waals surface area contributed by atoms with Crippen LogP contribution in [0.4, 0.5) is 0 Å². The molecule has 0 amide bonds. The van der Waals surface area contributed by atoms with E-state index in [4.69, 9.17) is 4.74 Å². The zero-order valence-electron chi connectivity index (χ0n) is 17.6. The van der Waals surface area contributed by atoms with Gasteiger partial charge < -0.3 is 19.7 Å². The van der Waals surface area contributed by atoms with Crippen LogP contribution >= 0.6 is 0 Å². The Morgan fingerprint density at radius 2 is 2.00 bits per heavy atom. The van der Waals surface area contributed by atoms with Crippen molar-refractivity contribution in [3.63, 3.8) is 0 Å². The lowest BCUT2D eigenvalue weighted by Gasteiger charge is -2.29. The van der Waals surface area contributed by atoms with Crippen molar-refractivity contribution in [2.45, 2.75) is 45.3 Å². The predicted molar refractivity (Wildman–Crippen MR) is 116 cm³/mol. The first-order valence-corrected chi connectivity index (χ1v) is 10.6. The number of aromatic nitrogens is 2. The highest BCUT2D eigenvalue weighted by molar-refractivity contribution is 6.05. The van der Waals surface area contributed by atoms with Crippen LogP contribution in [-0.2, 0) is 11.2 Å². The Kier molecular flexibility index (Phi) is 6.16. The van der Waals surface area contributed by atoms with E-state index in [0.717, 1.165) is 61.1 Å². The molecule has 0 aliphatic carbocycles. The molecule has 1 aliphatic rings. The summed E-state index contributed by atoms with van der Waals surface area (Å²) < 4.78 is 5.76. The Balaban J connectivity index is 1.49. The van der Waals surface area contributed by atoms with Gasteiger partial charge in [-0.3, -0.25) is 4.98 Å². The number of ether oxygens (including phenoxy) is 1. The topological polar surface area (TPSA) is 78.5 Å². The molecule has 0 bridgehead atoms. The normalized spacial score (nSPS) is 16.6. The minimum absolute atomic E-state index is 0.149. The van der Waals surface area contributed by atoms with Crippen LogP contribution in [0, 0.1) is 6.92 Å². The number of nitrogens with zero attached hydrogens (tertiary/aromatic N) is 2. The third-order valence-corrected chi connectivity index (χ3v) is 5.99. The van der Waals surface area contributed by atoms with E-state index in [-0.39, 0.29) is 18.2 Å². The highest BCUT2D eigenvalue weighted by Gasteiger charge is 2.21. The van der Waals surface area contributed by atoms with Crippen molar-refractivity contribution in [1.29, 1.82) is 0 Å². The second-order valence-corrected chi connectivity index (χ2v) is 8.16. The van der Waals surface area contributed by atoms with Crippen molar-refractivity contribution in [1.82, 2.24) is 14.9 Å². The number of nitrogens with one attached hydrogen (secondary N) is 1. The first-order valence-electron chi connectivity index (χ1n) is 10.6. The van der Waals surface area contributed by atoms with E-state index >= 15 is 0 Å². The van der Waals surface area contributed by atoms with E-state index in [1.165, 1.54) is 5.56 Å². The van der Waals surface area contributed by atoms with E-state index in [9.17, 15) is 9.90 Å². The van der Waals surface area contributed by atoms with Gasteiger partial charge in [-0.1, -0.05) is 6.07 Å². The number of benzene rings is 1.